The maximum Gasteiger partial charge on any atom is 0.379 e. The third kappa shape index (κ3) is 8.18. The molecule has 0 aliphatic heterocycles. The van der Waals surface area contributed by atoms with Gasteiger partial charge in [-0.05, 0) is 44.1 Å². The first-order valence-corrected chi connectivity index (χ1v) is 10.6. The van der Waals surface area contributed by atoms with Crippen LogP contribution in [0.15, 0.2) is 30.3 Å². The fourth-order valence-electron chi connectivity index (χ4n) is 2.34. The number of benzene rings is 1. The van der Waals surface area contributed by atoms with Crippen LogP contribution in [0.4, 0.5) is 0 Å². The minimum Gasteiger partial charge on any atom is -0.424 e. The molecule has 0 aliphatic rings. The lowest BCUT2D eigenvalue weighted by Gasteiger charge is -2.19. The average molecular weight is 375 g/mol. The van der Waals surface area contributed by atoms with Gasteiger partial charge in [-0.3, -0.25) is 10.1 Å². The van der Waals surface area contributed by atoms with Crippen LogP contribution in [0.3, 0.4) is 0 Å². The van der Waals surface area contributed by atoms with E-state index in [0.717, 1.165) is 18.6 Å². The predicted octanol–water partition coefficient (Wildman–Crippen LogP) is 4.82. The molecule has 0 fully saturated rings. The molecule has 0 radical (unpaired) electrons. The maximum absolute atomic E-state index is 12.8. The number of hydrogen-bond donors (Lipinski definition) is 1. The Morgan fingerprint density at radius 2 is 1.88 bits per heavy atom. The third-order valence-corrected chi connectivity index (χ3v) is 5.85. The summed E-state index contributed by atoms with van der Waals surface area (Å²) in [6.07, 6.45) is 3.13. The molecule has 0 amide bonds. The first-order valence-electron chi connectivity index (χ1n) is 8.23. The molecule has 0 N–H and O–H groups in total. The van der Waals surface area contributed by atoms with Crippen LogP contribution in [0.1, 0.15) is 39.0 Å². The van der Waals surface area contributed by atoms with Crippen molar-refractivity contribution in [2.24, 2.45) is 0 Å². The van der Waals surface area contributed by atoms with Crippen molar-refractivity contribution in [2.45, 2.75) is 45.1 Å². The van der Waals surface area contributed by atoms with Crippen molar-refractivity contribution in [3.8, 4) is 5.75 Å². The maximum atomic E-state index is 12.8. The molecular weight excluding hydrogens is 349 g/mol. The average Bonchev–Trinajstić information content (AvgIpc) is 2.54. The van der Waals surface area contributed by atoms with Gasteiger partial charge in [0.2, 0.25) is 6.04 Å². The van der Waals surface area contributed by atoms with Crippen LogP contribution in [0.2, 0.25) is 0 Å². The number of para-hydroxylation sites is 1. The Balaban J connectivity index is 2.55. The smallest absolute Gasteiger partial charge is 0.379 e. The molecular formula is C16H26NO5PS. The zero-order valence-electron chi connectivity index (χ0n) is 14.0. The standard InChI is InChI=1S/C16H26NO5PS/c1-2-21-23(20,22-16-11-4-3-5-12-16)13-8-10-15(17(18)19)9-6-7-14-24/h3-5,11-12,15,24H,2,6-10,13-14H2,1H3. The van der Waals surface area contributed by atoms with E-state index in [9.17, 15) is 14.7 Å². The number of rotatable bonds is 13. The molecule has 6 nitrogen and oxygen atoms in total. The molecule has 24 heavy (non-hydrogen) atoms. The summed E-state index contributed by atoms with van der Waals surface area (Å²) in [6.45, 7) is 2.02. The van der Waals surface area contributed by atoms with Crippen LogP contribution < -0.4 is 4.52 Å². The van der Waals surface area contributed by atoms with Crippen molar-refractivity contribution in [2.75, 3.05) is 18.5 Å². The molecule has 1 rings (SSSR count). The Bertz CT molecular complexity index is 528. The summed E-state index contributed by atoms with van der Waals surface area (Å²) in [7, 11) is -3.29. The van der Waals surface area contributed by atoms with Crippen molar-refractivity contribution < 1.29 is 18.5 Å². The van der Waals surface area contributed by atoms with Gasteiger partial charge in [-0.1, -0.05) is 18.2 Å². The molecule has 0 spiro atoms. The SMILES string of the molecule is CCOP(=O)(CCCC(CCCCS)[N+](=O)[O-])Oc1ccccc1. The van der Waals surface area contributed by atoms with E-state index in [1.54, 1.807) is 31.2 Å². The van der Waals surface area contributed by atoms with E-state index >= 15 is 0 Å². The van der Waals surface area contributed by atoms with Crippen molar-refractivity contribution in [1.82, 2.24) is 0 Å². The fraction of sp³-hybridized carbons (Fsp3) is 0.625. The highest BCUT2D eigenvalue weighted by Crippen LogP contribution is 2.49. The summed E-state index contributed by atoms with van der Waals surface area (Å²) < 4.78 is 23.6. The van der Waals surface area contributed by atoms with E-state index in [4.69, 9.17) is 9.05 Å². The van der Waals surface area contributed by atoms with Gasteiger partial charge in [-0.2, -0.15) is 12.6 Å². The second-order valence-corrected chi connectivity index (χ2v) is 8.01. The van der Waals surface area contributed by atoms with Crippen LogP contribution in [0.5, 0.6) is 5.75 Å². The first kappa shape index (κ1) is 21.0. The number of unbranched alkanes of at least 4 members (excludes halogenated alkanes) is 1. The van der Waals surface area contributed by atoms with Crippen molar-refractivity contribution in [3.05, 3.63) is 40.4 Å². The van der Waals surface area contributed by atoms with Crippen LogP contribution in [0, 0.1) is 10.1 Å². The molecule has 0 aliphatic carbocycles. The number of nitrogens with zero attached hydrogens (tertiary/aromatic N) is 1. The second kappa shape index (κ2) is 11.5. The molecule has 1 aromatic rings. The van der Waals surface area contributed by atoms with Crippen LogP contribution in [-0.4, -0.2) is 29.5 Å². The lowest BCUT2D eigenvalue weighted by Crippen LogP contribution is -2.20. The number of nitro groups is 1. The molecule has 0 heterocycles. The highest BCUT2D eigenvalue weighted by molar-refractivity contribution is 7.80. The first-order chi connectivity index (χ1) is 11.5. The second-order valence-electron chi connectivity index (χ2n) is 5.46. The molecule has 0 aromatic heterocycles. The lowest BCUT2D eigenvalue weighted by molar-refractivity contribution is -0.524. The predicted molar refractivity (Wildman–Crippen MR) is 98.9 cm³/mol. The van der Waals surface area contributed by atoms with Gasteiger partial charge in [-0.25, -0.2) is 4.57 Å². The Labute approximate surface area is 149 Å². The molecule has 0 bridgehead atoms. The van der Waals surface area contributed by atoms with Gasteiger partial charge in [0.05, 0.1) is 12.8 Å². The fourth-order valence-corrected chi connectivity index (χ4v) is 4.25. The van der Waals surface area contributed by atoms with Crippen LogP contribution in [-0.2, 0) is 9.09 Å². The Hall–Kier alpha value is -1.04. The largest absolute Gasteiger partial charge is 0.424 e. The lowest BCUT2D eigenvalue weighted by atomic mass is 10.1. The summed E-state index contributed by atoms with van der Waals surface area (Å²) in [4.78, 5) is 10.9. The molecule has 8 heteroatoms. The van der Waals surface area contributed by atoms with Gasteiger partial charge >= 0.3 is 7.60 Å². The van der Waals surface area contributed by atoms with E-state index in [1.807, 2.05) is 6.07 Å². The van der Waals surface area contributed by atoms with Gasteiger partial charge in [0.1, 0.15) is 5.75 Å². The summed E-state index contributed by atoms with van der Waals surface area (Å²) in [6, 6.07) is 8.22. The van der Waals surface area contributed by atoms with E-state index in [2.05, 4.69) is 12.6 Å². The van der Waals surface area contributed by atoms with Crippen molar-refractivity contribution in [3.63, 3.8) is 0 Å². The zero-order chi connectivity index (χ0) is 17.8. The Morgan fingerprint density at radius 1 is 1.21 bits per heavy atom. The zero-order valence-corrected chi connectivity index (χ0v) is 15.8. The molecule has 136 valence electrons. The van der Waals surface area contributed by atoms with Gasteiger partial charge in [0.15, 0.2) is 0 Å². The number of hydrogen-bond acceptors (Lipinski definition) is 6. The highest BCUT2D eigenvalue weighted by Gasteiger charge is 2.27. The van der Waals surface area contributed by atoms with Crippen molar-refractivity contribution >= 4 is 20.2 Å². The normalized spacial score (nSPS) is 14.8. The minimum atomic E-state index is -3.29. The molecule has 2 atom stereocenters. The highest BCUT2D eigenvalue weighted by atomic mass is 32.1. The minimum absolute atomic E-state index is 0.173. The summed E-state index contributed by atoms with van der Waals surface area (Å²) in [5, 5.41) is 11.1. The Kier molecular flexibility index (Phi) is 10.1. The third-order valence-electron chi connectivity index (χ3n) is 3.53. The monoisotopic (exact) mass is 375 g/mol. The van der Waals surface area contributed by atoms with Gasteiger partial charge in [0, 0.05) is 17.8 Å². The molecule has 0 saturated carbocycles. The summed E-state index contributed by atoms with van der Waals surface area (Å²) >= 11 is 4.11. The van der Waals surface area contributed by atoms with Crippen LogP contribution >= 0.6 is 20.2 Å². The molecule has 0 saturated heterocycles. The van der Waals surface area contributed by atoms with Gasteiger partial charge < -0.3 is 9.05 Å². The van der Waals surface area contributed by atoms with Crippen LogP contribution in [0.25, 0.3) is 0 Å². The van der Waals surface area contributed by atoms with Gasteiger partial charge in [-0.15, -0.1) is 0 Å². The molecule has 2 unspecified atom stereocenters. The number of thiol groups is 1. The Morgan fingerprint density at radius 3 is 2.46 bits per heavy atom. The van der Waals surface area contributed by atoms with E-state index in [-0.39, 0.29) is 17.7 Å². The quantitative estimate of drug-likeness (QED) is 0.176. The molecule has 1 aromatic carbocycles. The van der Waals surface area contributed by atoms with E-state index < -0.39 is 13.6 Å². The summed E-state index contributed by atoms with van der Waals surface area (Å²) in [5.74, 6) is 1.21. The van der Waals surface area contributed by atoms with E-state index in [1.165, 1.54) is 0 Å². The van der Waals surface area contributed by atoms with Gasteiger partial charge in [0.25, 0.3) is 0 Å². The van der Waals surface area contributed by atoms with Crippen molar-refractivity contribution in [1.29, 1.82) is 0 Å². The van der Waals surface area contributed by atoms with E-state index in [0.29, 0.717) is 25.0 Å². The summed E-state index contributed by atoms with van der Waals surface area (Å²) in [5.41, 5.74) is 0. The topological polar surface area (TPSA) is 78.7 Å².